The highest BCUT2D eigenvalue weighted by molar-refractivity contribution is 7.92. The van der Waals surface area contributed by atoms with E-state index in [1.807, 2.05) is 24.3 Å². The molecule has 12 heteroatoms. The van der Waals surface area contributed by atoms with Crippen LogP contribution in [-0.4, -0.2) is 56.0 Å². The van der Waals surface area contributed by atoms with Crippen molar-refractivity contribution >= 4 is 33.7 Å². The third kappa shape index (κ3) is 7.20. The molecule has 0 radical (unpaired) electrons. The van der Waals surface area contributed by atoms with Crippen LogP contribution in [-0.2, 0) is 19.7 Å². The van der Waals surface area contributed by atoms with E-state index in [0.717, 1.165) is 48.5 Å². The molecule has 42 heavy (non-hydrogen) atoms. The molecular weight excluding hydrogens is 561 g/mol. The van der Waals surface area contributed by atoms with E-state index >= 15 is 0 Å². The molecular formula is C30H30FN5O5S. The molecule has 0 atom stereocenters. The Morgan fingerprint density at radius 3 is 2.36 bits per heavy atom. The van der Waals surface area contributed by atoms with Crippen LogP contribution in [0, 0.1) is 5.82 Å². The molecule has 2 heterocycles. The van der Waals surface area contributed by atoms with Gasteiger partial charge in [0.1, 0.15) is 23.7 Å². The molecule has 5 rings (SSSR count). The van der Waals surface area contributed by atoms with Crippen LogP contribution in [0.1, 0.15) is 19.3 Å². The predicted molar refractivity (Wildman–Crippen MR) is 156 cm³/mol. The summed E-state index contributed by atoms with van der Waals surface area (Å²) >= 11 is 0. The number of aromatic nitrogens is 2. The summed E-state index contributed by atoms with van der Waals surface area (Å²) in [7, 11) is -4.29. The van der Waals surface area contributed by atoms with E-state index < -0.39 is 15.8 Å². The molecule has 218 valence electrons. The standard InChI is InChI=1S/C30H30FN5O5S/c31-24-6-14-28(15-7-24)42(38,39)36(41-22-37)26-10-8-25(9-11-26)34-30-20-29(32-21-33-30)23-4-12-27(13-5-23)40-19-3-18-35-16-1-2-17-35/h4-15,20-22H,1-3,16-19H2,(H,32,33,34). The van der Waals surface area contributed by atoms with Gasteiger partial charge < -0.3 is 19.8 Å². The first-order valence-electron chi connectivity index (χ1n) is 13.5. The number of rotatable bonds is 13. The van der Waals surface area contributed by atoms with Crippen LogP contribution in [0.15, 0.2) is 90.1 Å². The van der Waals surface area contributed by atoms with Crippen molar-refractivity contribution in [3.05, 3.63) is 91.0 Å². The van der Waals surface area contributed by atoms with Crippen LogP contribution >= 0.6 is 0 Å². The maximum Gasteiger partial charge on any atom is 0.322 e. The Morgan fingerprint density at radius 2 is 1.67 bits per heavy atom. The Bertz CT molecular complexity index is 1580. The van der Waals surface area contributed by atoms with Crippen LogP contribution < -0.4 is 14.5 Å². The van der Waals surface area contributed by atoms with E-state index in [2.05, 4.69) is 20.2 Å². The van der Waals surface area contributed by atoms with Gasteiger partial charge in [-0.2, -0.15) is 8.42 Å². The molecule has 0 spiro atoms. The summed E-state index contributed by atoms with van der Waals surface area (Å²) in [6.45, 7) is 4.12. The van der Waals surface area contributed by atoms with Gasteiger partial charge in [-0.1, -0.05) is 4.47 Å². The molecule has 1 aliphatic heterocycles. The SMILES string of the molecule is O=CON(c1ccc(Nc2cc(-c3ccc(OCCCN4CCCC4)cc3)ncn2)cc1)S(=O)(=O)c1ccc(F)cc1. The van der Waals surface area contributed by atoms with Gasteiger partial charge in [-0.15, -0.1) is 0 Å². The van der Waals surface area contributed by atoms with Gasteiger partial charge in [0.25, 0.3) is 10.0 Å². The van der Waals surface area contributed by atoms with Crippen molar-refractivity contribution in [2.75, 3.05) is 36.0 Å². The normalized spacial score (nSPS) is 13.5. The number of nitrogens with zero attached hydrogens (tertiary/aromatic N) is 4. The first kappa shape index (κ1) is 29.0. The van der Waals surface area contributed by atoms with Gasteiger partial charge in [0, 0.05) is 23.9 Å². The molecule has 3 aromatic carbocycles. The molecule has 10 nitrogen and oxygen atoms in total. The van der Waals surface area contributed by atoms with Crippen molar-refractivity contribution in [3.8, 4) is 17.0 Å². The summed E-state index contributed by atoms with van der Waals surface area (Å²) in [6.07, 6.45) is 5.02. The molecule has 1 aliphatic rings. The smallest absolute Gasteiger partial charge is 0.322 e. The summed E-state index contributed by atoms with van der Waals surface area (Å²) in [6, 6.07) is 19.8. The zero-order valence-electron chi connectivity index (χ0n) is 22.7. The van der Waals surface area contributed by atoms with Crippen LogP contribution in [0.4, 0.5) is 21.6 Å². The van der Waals surface area contributed by atoms with E-state index in [1.165, 1.54) is 44.4 Å². The fourth-order valence-corrected chi connectivity index (χ4v) is 5.82. The van der Waals surface area contributed by atoms with Gasteiger partial charge in [-0.3, -0.25) is 4.79 Å². The van der Waals surface area contributed by atoms with E-state index in [9.17, 15) is 17.6 Å². The average Bonchev–Trinajstić information content (AvgIpc) is 3.53. The second-order valence-corrected chi connectivity index (χ2v) is 11.4. The number of likely N-dealkylation sites (tertiary alicyclic amines) is 1. The number of carbonyl (C=O) groups excluding carboxylic acids is 1. The molecule has 1 N–H and O–H groups in total. The van der Waals surface area contributed by atoms with Crippen molar-refractivity contribution in [3.63, 3.8) is 0 Å². The molecule has 0 unspecified atom stereocenters. The number of halogens is 1. The highest BCUT2D eigenvalue weighted by atomic mass is 32.2. The van der Waals surface area contributed by atoms with Crippen molar-refractivity contribution in [2.24, 2.45) is 0 Å². The third-order valence-electron chi connectivity index (χ3n) is 6.72. The Hall–Kier alpha value is -4.55. The lowest BCUT2D eigenvalue weighted by molar-refractivity contribution is -0.128. The first-order valence-corrected chi connectivity index (χ1v) is 14.9. The van der Waals surface area contributed by atoms with E-state index in [1.54, 1.807) is 18.2 Å². The minimum absolute atomic E-state index is 0.00385. The molecule has 0 amide bonds. The Kier molecular flexibility index (Phi) is 9.25. The van der Waals surface area contributed by atoms with Gasteiger partial charge in [0.2, 0.25) is 0 Å². The van der Waals surface area contributed by atoms with Gasteiger partial charge in [-0.25, -0.2) is 14.4 Å². The van der Waals surface area contributed by atoms with Crippen LogP contribution in [0.3, 0.4) is 0 Å². The van der Waals surface area contributed by atoms with Crippen LogP contribution in [0.5, 0.6) is 5.75 Å². The summed E-state index contributed by atoms with van der Waals surface area (Å²) < 4.78 is 45.6. The zero-order valence-corrected chi connectivity index (χ0v) is 23.5. The fourth-order valence-electron chi connectivity index (χ4n) is 4.60. The maximum absolute atomic E-state index is 13.3. The maximum atomic E-state index is 13.3. The van der Waals surface area contributed by atoms with Crippen molar-refractivity contribution in [1.29, 1.82) is 0 Å². The summed E-state index contributed by atoms with van der Waals surface area (Å²) in [5, 5.41) is 3.16. The molecule has 0 bridgehead atoms. The fraction of sp³-hybridized carbons (Fsp3) is 0.233. The number of hydrogen-bond donors (Lipinski definition) is 1. The lowest BCUT2D eigenvalue weighted by Gasteiger charge is -2.21. The van der Waals surface area contributed by atoms with Gasteiger partial charge >= 0.3 is 6.47 Å². The number of anilines is 3. The van der Waals surface area contributed by atoms with E-state index in [0.29, 0.717) is 28.3 Å². The zero-order chi connectivity index (χ0) is 29.4. The Morgan fingerprint density at radius 1 is 0.952 bits per heavy atom. The van der Waals surface area contributed by atoms with E-state index in [-0.39, 0.29) is 17.1 Å². The number of nitrogens with one attached hydrogen (secondary N) is 1. The topological polar surface area (TPSA) is 114 Å². The highest BCUT2D eigenvalue weighted by Crippen LogP contribution is 2.28. The Labute approximate surface area is 243 Å². The average molecular weight is 592 g/mol. The van der Waals surface area contributed by atoms with E-state index in [4.69, 9.17) is 9.57 Å². The summed E-state index contributed by atoms with van der Waals surface area (Å²) in [5.74, 6) is 0.737. The third-order valence-corrected chi connectivity index (χ3v) is 8.32. The number of sulfonamides is 1. The summed E-state index contributed by atoms with van der Waals surface area (Å²) in [4.78, 5) is 26.7. The molecule has 4 aromatic rings. The summed E-state index contributed by atoms with van der Waals surface area (Å²) in [5.41, 5.74) is 2.28. The van der Waals surface area contributed by atoms with Gasteiger partial charge in [-0.05, 0) is 105 Å². The van der Waals surface area contributed by atoms with Crippen molar-refractivity contribution < 1.29 is 27.2 Å². The lowest BCUT2D eigenvalue weighted by Crippen LogP contribution is -2.30. The predicted octanol–water partition coefficient (Wildman–Crippen LogP) is 5.17. The molecule has 1 saturated heterocycles. The largest absolute Gasteiger partial charge is 0.494 e. The van der Waals surface area contributed by atoms with Gasteiger partial charge in [0.05, 0.1) is 22.9 Å². The Balaban J connectivity index is 1.21. The number of benzene rings is 3. The molecule has 1 aromatic heterocycles. The minimum Gasteiger partial charge on any atom is -0.494 e. The molecule has 1 fully saturated rings. The van der Waals surface area contributed by atoms with Crippen LogP contribution in [0.2, 0.25) is 0 Å². The molecule has 0 saturated carbocycles. The highest BCUT2D eigenvalue weighted by Gasteiger charge is 2.27. The lowest BCUT2D eigenvalue weighted by atomic mass is 10.1. The first-order chi connectivity index (χ1) is 20.4. The van der Waals surface area contributed by atoms with Crippen molar-refractivity contribution in [2.45, 2.75) is 24.2 Å². The molecule has 0 aliphatic carbocycles. The van der Waals surface area contributed by atoms with Crippen molar-refractivity contribution in [1.82, 2.24) is 14.9 Å². The minimum atomic E-state index is -4.29. The van der Waals surface area contributed by atoms with Crippen LogP contribution in [0.25, 0.3) is 11.3 Å². The van der Waals surface area contributed by atoms with Gasteiger partial charge in [0.15, 0.2) is 0 Å². The monoisotopic (exact) mass is 591 g/mol. The second kappa shape index (κ2) is 13.4. The quantitative estimate of drug-likeness (QED) is 0.128. The number of ether oxygens (including phenoxy) is 1. The number of carbonyl (C=O) groups is 1. The second-order valence-electron chi connectivity index (χ2n) is 9.62. The number of hydrogen-bond acceptors (Lipinski definition) is 9.